The zero-order chi connectivity index (χ0) is 15.0. The minimum Gasteiger partial charge on any atom is -0.370 e. The molecule has 4 nitrogen and oxygen atoms in total. The van der Waals surface area contributed by atoms with Crippen LogP contribution >= 0.6 is 10.2 Å². The number of amides is 1. The van der Waals surface area contributed by atoms with E-state index < -0.39 is 21.0 Å². The van der Waals surface area contributed by atoms with E-state index >= 15 is 0 Å². The van der Waals surface area contributed by atoms with Crippen LogP contribution in [0.1, 0.15) is 10.4 Å². The van der Waals surface area contributed by atoms with Gasteiger partial charge in [0.25, 0.3) is 5.91 Å². The fourth-order valence-electron chi connectivity index (χ4n) is 1.11. The fraction of sp³-hybridized carbons (Fsp3) is 0.111. The summed E-state index contributed by atoms with van der Waals surface area (Å²) >= 11 is 0. The molecule has 19 heavy (non-hydrogen) atoms. The first-order valence-corrected chi connectivity index (χ1v) is 6.66. The van der Waals surface area contributed by atoms with Crippen LogP contribution in [0, 0.1) is 0 Å². The average molecular weight is 303 g/mol. The van der Waals surface area contributed by atoms with Crippen LogP contribution in [0.4, 0.5) is 19.4 Å². The Morgan fingerprint density at radius 1 is 1.16 bits per heavy atom. The van der Waals surface area contributed by atoms with Crippen molar-refractivity contribution in [1.82, 2.24) is 5.32 Å². The Kier molecular flexibility index (Phi) is 3.06. The van der Waals surface area contributed by atoms with Gasteiger partial charge in [0.15, 0.2) is 5.96 Å². The second-order valence-corrected chi connectivity index (χ2v) is 5.97. The molecule has 0 aliphatic heterocycles. The summed E-state index contributed by atoms with van der Waals surface area (Å²) in [4.78, 5) is 12.7. The molecule has 0 bridgehead atoms. The highest BCUT2D eigenvalue weighted by Gasteiger charge is 2.65. The number of halogens is 5. The SMILES string of the molecule is CN=C(N)NC(=O)c1ccc(S(F)(F)(F)(F)F)cc1. The van der Waals surface area contributed by atoms with Gasteiger partial charge in [0.05, 0.1) is 0 Å². The number of carbonyl (C=O) groups is 1. The van der Waals surface area contributed by atoms with Crippen LogP contribution in [0.2, 0.25) is 0 Å². The third-order valence-electron chi connectivity index (χ3n) is 2.04. The average Bonchev–Trinajstić information content (AvgIpc) is 2.26. The molecule has 0 saturated heterocycles. The molecule has 0 aliphatic carbocycles. The van der Waals surface area contributed by atoms with Crippen LogP contribution in [0.15, 0.2) is 34.2 Å². The van der Waals surface area contributed by atoms with E-state index in [1.54, 1.807) is 0 Å². The van der Waals surface area contributed by atoms with Crippen LogP contribution in [0.5, 0.6) is 0 Å². The van der Waals surface area contributed by atoms with Crippen molar-refractivity contribution in [2.24, 2.45) is 10.7 Å². The molecule has 0 saturated carbocycles. The molecule has 10 heteroatoms. The first-order valence-electron chi connectivity index (χ1n) is 4.71. The first kappa shape index (κ1) is 15.2. The molecule has 0 atom stereocenters. The predicted octanol–water partition coefficient (Wildman–Crippen LogP) is 3.02. The van der Waals surface area contributed by atoms with Crippen LogP contribution < -0.4 is 11.1 Å². The smallest absolute Gasteiger partial charge is 0.310 e. The van der Waals surface area contributed by atoms with Crippen molar-refractivity contribution in [2.45, 2.75) is 4.90 Å². The lowest BCUT2D eigenvalue weighted by atomic mass is 10.2. The van der Waals surface area contributed by atoms with E-state index in [0.29, 0.717) is 12.1 Å². The minimum absolute atomic E-state index is 0.149. The van der Waals surface area contributed by atoms with Crippen molar-refractivity contribution in [3.63, 3.8) is 0 Å². The molecule has 0 aromatic heterocycles. The molecule has 0 unspecified atom stereocenters. The van der Waals surface area contributed by atoms with Gasteiger partial charge in [-0.25, -0.2) is 0 Å². The standard InChI is InChI=1S/C9H10F5N3OS/c1-16-9(15)17-8(18)6-2-4-7(5-3-6)19(10,11,12,13)14/h2-5H,1H3,(H3,15,16,17,18). The summed E-state index contributed by atoms with van der Waals surface area (Å²) in [5.41, 5.74) is 4.92. The maximum Gasteiger partial charge on any atom is 0.310 e. The van der Waals surface area contributed by atoms with E-state index in [-0.39, 0.29) is 23.7 Å². The lowest BCUT2D eigenvalue weighted by Crippen LogP contribution is -2.36. The quantitative estimate of drug-likeness (QED) is 0.501. The molecule has 1 aromatic carbocycles. The molecule has 0 radical (unpaired) electrons. The van der Waals surface area contributed by atoms with E-state index in [1.807, 2.05) is 0 Å². The number of hydrogen-bond acceptors (Lipinski definition) is 2. The molecular weight excluding hydrogens is 293 g/mol. The van der Waals surface area contributed by atoms with Gasteiger partial charge < -0.3 is 5.73 Å². The van der Waals surface area contributed by atoms with E-state index in [9.17, 15) is 24.2 Å². The third kappa shape index (κ3) is 4.09. The molecule has 3 N–H and O–H groups in total. The largest absolute Gasteiger partial charge is 0.370 e. The highest BCUT2D eigenvalue weighted by Crippen LogP contribution is 3.02. The lowest BCUT2D eigenvalue weighted by molar-refractivity contribution is 0.0976. The highest BCUT2D eigenvalue weighted by molar-refractivity contribution is 8.45. The van der Waals surface area contributed by atoms with Gasteiger partial charge in [-0.15, -0.1) is 0 Å². The predicted molar refractivity (Wildman–Crippen MR) is 62.9 cm³/mol. The molecule has 1 amide bonds. The Hall–Kier alpha value is -1.84. The number of benzene rings is 1. The number of aliphatic imine (C=N–C) groups is 1. The molecule has 1 aromatic rings. The molecule has 0 heterocycles. The maximum atomic E-state index is 12.4. The van der Waals surface area contributed by atoms with E-state index in [0.717, 1.165) is 0 Å². The van der Waals surface area contributed by atoms with Crippen molar-refractivity contribution < 1.29 is 24.2 Å². The van der Waals surface area contributed by atoms with Crippen LogP contribution in [-0.4, -0.2) is 18.9 Å². The second kappa shape index (κ2) is 3.83. The van der Waals surface area contributed by atoms with Crippen molar-refractivity contribution in [3.8, 4) is 0 Å². The number of nitrogens with zero attached hydrogens (tertiary/aromatic N) is 1. The van der Waals surface area contributed by atoms with Crippen LogP contribution in [-0.2, 0) is 0 Å². The Balaban J connectivity index is 3.06. The summed E-state index contributed by atoms with van der Waals surface area (Å²) in [5.74, 6) is -1.10. The number of nitrogens with two attached hydrogens (primary N) is 1. The minimum atomic E-state index is -9.71. The van der Waals surface area contributed by atoms with Gasteiger partial charge in [0.1, 0.15) is 4.90 Å². The summed E-state index contributed by atoms with van der Waals surface area (Å²) in [6.45, 7) is 0. The molecule has 0 aliphatic rings. The lowest BCUT2D eigenvalue weighted by Gasteiger charge is -2.40. The van der Waals surface area contributed by atoms with Gasteiger partial charge in [0, 0.05) is 12.6 Å². The summed E-state index contributed by atoms with van der Waals surface area (Å²) in [6, 6.07) is 1.56. The van der Waals surface area contributed by atoms with Gasteiger partial charge >= 0.3 is 10.2 Å². The van der Waals surface area contributed by atoms with Gasteiger partial charge in [-0.2, -0.15) is 0 Å². The number of rotatable bonds is 2. The summed E-state index contributed by atoms with van der Waals surface area (Å²) < 4.78 is 62.0. The number of guanidine groups is 1. The number of carbonyl (C=O) groups excluding carboxylic acids is 1. The van der Waals surface area contributed by atoms with Crippen molar-refractivity contribution in [3.05, 3.63) is 29.8 Å². The van der Waals surface area contributed by atoms with Gasteiger partial charge in [-0.3, -0.25) is 15.1 Å². The van der Waals surface area contributed by atoms with Gasteiger partial charge in [-0.05, 0) is 24.3 Å². The van der Waals surface area contributed by atoms with Crippen LogP contribution in [0.3, 0.4) is 0 Å². The first-order chi connectivity index (χ1) is 8.33. The Morgan fingerprint density at radius 2 is 1.63 bits per heavy atom. The van der Waals surface area contributed by atoms with Crippen molar-refractivity contribution >= 4 is 22.1 Å². The zero-order valence-electron chi connectivity index (χ0n) is 9.54. The Labute approximate surface area is 105 Å². The maximum absolute atomic E-state index is 12.4. The van der Waals surface area contributed by atoms with E-state index in [1.165, 1.54) is 7.05 Å². The molecular formula is C9H10F5N3OS. The summed E-state index contributed by atoms with van der Waals surface area (Å²) in [5, 5.41) is 2.05. The van der Waals surface area contributed by atoms with Crippen molar-refractivity contribution in [2.75, 3.05) is 7.05 Å². The van der Waals surface area contributed by atoms with Crippen molar-refractivity contribution in [1.29, 1.82) is 0 Å². The van der Waals surface area contributed by atoms with Gasteiger partial charge in [0.2, 0.25) is 0 Å². The molecule has 108 valence electrons. The zero-order valence-corrected chi connectivity index (χ0v) is 10.4. The monoisotopic (exact) mass is 303 g/mol. The fourth-order valence-corrected chi connectivity index (χ4v) is 1.76. The number of nitrogens with one attached hydrogen (secondary N) is 1. The molecule has 0 fully saturated rings. The topological polar surface area (TPSA) is 67.5 Å². The summed E-state index contributed by atoms with van der Waals surface area (Å²) in [7, 11) is -8.43. The summed E-state index contributed by atoms with van der Waals surface area (Å²) in [6.07, 6.45) is 0. The number of hydrogen-bond donors (Lipinski definition) is 2. The normalized spacial score (nSPS) is 16.4. The molecule has 0 spiro atoms. The third-order valence-corrected chi connectivity index (χ3v) is 3.21. The van der Waals surface area contributed by atoms with E-state index in [2.05, 4.69) is 10.3 Å². The Bertz CT molecular complexity index is 537. The van der Waals surface area contributed by atoms with Gasteiger partial charge in [-0.1, -0.05) is 19.4 Å². The van der Waals surface area contributed by atoms with E-state index in [4.69, 9.17) is 5.73 Å². The highest BCUT2D eigenvalue weighted by atomic mass is 32.5. The Morgan fingerprint density at radius 3 is 2.00 bits per heavy atom. The van der Waals surface area contributed by atoms with Crippen LogP contribution in [0.25, 0.3) is 0 Å². The molecule has 1 rings (SSSR count). The second-order valence-electron chi connectivity index (χ2n) is 3.56.